The molecule has 2 aromatic carbocycles. The second-order valence-corrected chi connectivity index (χ2v) is 7.20. The van der Waals surface area contributed by atoms with Gasteiger partial charge in [-0.1, -0.05) is 37.3 Å². The van der Waals surface area contributed by atoms with Crippen molar-refractivity contribution in [3.05, 3.63) is 65.2 Å². The Bertz CT molecular complexity index is 823. The third-order valence-corrected chi connectivity index (χ3v) is 5.45. The zero-order valence-electron chi connectivity index (χ0n) is 17.6. The molecule has 0 spiro atoms. The van der Waals surface area contributed by atoms with Crippen molar-refractivity contribution in [3.8, 4) is 0 Å². The number of carboxylic acids is 1. The van der Waals surface area contributed by atoms with Gasteiger partial charge in [-0.3, -0.25) is 4.79 Å². The topological polar surface area (TPSA) is 83.6 Å². The fraction of sp³-hybridized carbons (Fsp3) is 0.364. The summed E-state index contributed by atoms with van der Waals surface area (Å²) in [5.74, 6) is -2.02. The number of aromatic carboxylic acids is 1. The van der Waals surface area contributed by atoms with Crippen LogP contribution in [0.4, 0.5) is 5.69 Å². The molecule has 2 unspecified atom stereocenters. The van der Waals surface area contributed by atoms with E-state index in [0.717, 1.165) is 29.9 Å². The van der Waals surface area contributed by atoms with E-state index in [1.54, 1.807) is 12.1 Å². The number of amides is 1. The van der Waals surface area contributed by atoms with Crippen LogP contribution in [0.3, 0.4) is 0 Å². The number of piperidine rings is 1. The first kappa shape index (κ1) is 22.5. The Labute approximate surface area is 189 Å². The molecule has 3 N–H and O–H groups in total. The van der Waals surface area contributed by atoms with Gasteiger partial charge in [0.25, 0.3) is 0 Å². The van der Waals surface area contributed by atoms with Crippen molar-refractivity contribution in [2.75, 3.05) is 18.0 Å². The number of nitrogens with two attached hydrogens (primary N) is 1. The molecule has 1 saturated heterocycles. The van der Waals surface area contributed by atoms with Gasteiger partial charge in [0, 0.05) is 18.8 Å². The molecule has 28 heavy (non-hydrogen) atoms. The standard InChI is InChI=1S/C22H26N2O3.Na.H/c1-15(18-7-3-4-8-19(18)24-13-5-2-6-14-24)20(21(23)25)16-9-11-17(12-10-16)22(26)27;;/h3-4,7-12,15,20H,2,5-6,13-14H2,1H3,(H2,23,25)(H,26,27);;/q;+1;-1. The van der Waals surface area contributed by atoms with Crippen LogP contribution in [0.2, 0.25) is 0 Å². The van der Waals surface area contributed by atoms with Gasteiger partial charge in [-0.2, -0.15) is 0 Å². The molecule has 1 heterocycles. The van der Waals surface area contributed by atoms with Gasteiger partial charge in [-0.15, -0.1) is 0 Å². The second-order valence-electron chi connectivity index (χ2n) is 7.20. The van der Waals surface area contributed by atoms with Gasteiger partial charge in [0.05, 0.1) is 11.5 Å². The number of carboxylic acid groups (broad SMARTS) is 1. The molecule has 5 nitrogen and oxygen atoms in total. The first-order valence-corrected chi connectivity index (χ1v) is 9.45. The third kappa shape index (κ3) is 4.96. The number of carbonyl (C=O) groups is 2. The van der Waals surface area contributed by atoms with Gasteiger partial charge in [0.1, 0.15) is 0 Å². The summed E-state index contributed by atoms with van der Waals surface area (Å²) in [7, 11) is 0. The number of rotatable bonds is 6. The Hall–Kier alpha value is -1.82. The van der Waals surface area contributed by atoms with Gasteiger partial charge in [-0.05, 0) is 54.5 Å². The maximum atomic E-state index is 12.3. The van der Waals surface area contributed by atoms with E-state index in [1.807, 2.05) is 19.1 Å². The van der Waals surface area contributed by atoms with E-state index in [4.69, 9.17) is 10.8 Å². The van der Waals surface area contributed by atoms with Gasteiger partial charge in [0.2, 0.25) is 5.91 Å². The van der Waals surface area contributed by atoms with Gasteiger partial charge in [-0.25, -0.2) is 4.79 Å². The molecule has 1 aliphatic rings. The number of benzene rings is 2. The van der Waals surface area contributed by atoms with E-state index in [1.165, 1.54) is 31.4 Å². The fourth-order valence-electron chi connectivity index (χ4n) is 4.01. The predicted molar refractivity (Wildman–Crippen MR) is 107 cm³/mol. The maximum Gasteiger partial charge on any atom is 1.00 e. The van der Waals surface area contributed by atoms with Crippen molar-refractivity contribution in [1.82, 2.24) is 0 Å². The van der Waals surface area contributed by atoms with E-state index < -0.39 is 17.8 Å². The molecule has 2 aromatic rings. The largest absolute Gasteiger partial charge is 1.00 e. The number of nitrogens with zero attached hydrogens (tertiary/aromatic N) is 1. The number of carbonyl (C=O) groups excluding carboxylic acids is 1. The molecular formula is C22H27N2NaO3. The number of hydrogen-bond donors (Lipinski definition) is 2. The number of para-hydroxylation sites is 1. The summed E-state index contributed by atoms with van der Waals surface area (Å²) in [6.07, 6.45) is 3.62. The number of anilines is 1. The van der Waals surface area contributed by atoms with Crippen LogP contribution in [0.25, 0.3) is 0 Å². The van der Waals surface area contributed by atoms with Crippen molar-refractivity contribution in [2.45, 2.75) is 38.0 Å². The summed E-state index contributed by atoms with van der Waals surface area (Å²) in [4.78, 5) is 25.8. The Kier molecular flexibility index (Phi) is 8.10. The third-order valence-electron chi connectivity index (χ3n) is 5.45. The average molecular weight is 390 g/mol. The Morgan fingerprint density at radius 1 is 1.04 bits per heavy atom. The molecule has 144 valence electrons. The van der Waals surface area contributed by atoms with Crippen LogP contribution in [0.5, 0.6) is 0 Å². The van der Waals surface area contributed by atoms with Crippen molar-refractivity contribution >= 4 is 17.6 Å². The Morgan fingerprint density at radius 2 is 1.64 bits per heavy atom. The molecule has 0 saturated carbocycles. The molecule has 0 aromatic heterocycles. The van der Waals surface area contributed by atoms with E-state index in [0.29, 0.717) is 0 Å². The molecule has 1 amide bonds. The van der Waals surface area contributed by atoms with Crippen molar-refractivity contribution < 1.29 is 45.7 Å². The van der Waals surface area contributed by atoms with Crippen LogP contribution >= 0.6 is 0 Å². The summed E-state index contributed by atoms with van der Waals surface area (Å²) in [5, 5.41) is 9.09. The van der Waals surface area contributed by atoms with Crippen molar-refractivity contribution in [2.24, 2.45) is 5.73 Å². The molecule has 3 rings (SSSR count). The Balaban J connectivity index is 0.00000210. The predicted octanol–water partition coefficient (Wildman–Crippen LogP) is 0.864. The van der Waals surface area contributed by atoms with E-state index >= 15 is 0 Å². The van der Waals surface area contributed by atoms with E-state index in [2.05, 4.69) is 17.0 Å². The minimum Gasteiger partial charge on any atom is -1.00 e. The zero-order valence-corrected chi connectivity index (χ0v) is 18.6. The van der Waals surface area contributed by atoms with Crippen LogP contribution in [0, 0.1) is 0 Å². The minimum atomic E-state index is -0.985. The Morgan fingerprint density at radius 3 is 2.21 bits per heavy atom. The molecule has 0 bridgehead atoms. The molecular weight excluding hydrogens is 363 g/mol. The number of primary amides is 1. The summed E-state index contributed by atoms with van der Waals surface area (Å²) in [6.45, 7) is 4.07. The van der Waals surface area contributed by atoms with Crippen LogP contribution in [-0.2, 0) is 4.79 Å². The molecule has 2 atom stereocenters. The summed E-state index contributed by atoms with van der Waals surface area (Å²) < 4.78 is 0. The normalized spacial score (nSPS) is 16.0. The maximum absolute atomic E-state index is 12.3. The zero-order chi connectivity index (χ0) is 19.4. The van der Waals surface area contributed by atoms with Crippen LogP contribution in [0.15, 0.2) is 48.5 Å². The summed E-state index contributed by atoms with van der Waals surface area (Å²) in [5.41, 5.74) is 8.97. The minimum absolute atomic E-state index is 0. The van der Waals surface area contributed by atoms with E-state index in [9.17, 15) is 9.59 Å². The monoisotopic (exact) mass is 390 g/mol. The second kappa shape index (κ2) is 10.1. The average Bonchev–Trinajstić information content (AvgIpc) is 2.69. The van der Waals surface area contributed by atoms with Crippen LogP contribution in [0.1, 0.15) is 60.9 Å². The van der Waals surface area contributed by atoms with E-state index in [-0.39, 0.29) is 42.5 Å². The van der Waals surface area contributed by atoms with Gasteiger partial charge in [0.15, 0.2) is 0 Å². The summed E-state index contributed by atoms with van der Waals surface area (Å²) >= 11 is 0. The smallest absolute Gasteiger partial charge is 1.00 e. The molecule has 0 aliphatic carbocycles. The first-order valence-electron chi connectivity index (χ1n) is 9.45. The SMILES string of the molecule is CC(c1ccccc1N1CCCCC1)C(C(N)=O)c1ccc(C(=O)O)cc1.[H-].[Na+]. The summed E-state index contributed by atoms with van der Waals surface area (Å²) in [6, 6.07) is 14.6. The molecule has 6 heteroatoms. The molecule has 1 aliphatic heterocycles. The van der Waals surface area contributed by atoms with Gasteiger partial charge >= 0.3 is 35.5 Å². The number of hydrogen-bond acceptors (Lipinski definition) is 3. The quantitative estimate of drug-likeness (QED) is 0.717. The molecule has 1 fully saturated rings. The van der Waals surface area contributed by atoms with Crippen molar-refractivity contribution in [3.63, 3.8) is 0 Å². The van der Waals surface area contributed by atoms with Crippen LogP contribution in [-0.4, -0.2) is 30.1 Å². The van der Waals surface area contributed by atoms with Crippen molar-refractivity contribution in [1.29, 1.82) is 0 Å². The van der Waals surface area contributed by atoms with Crippen LogP contribution < -0.4 is 40.2 Å². The van der Waals surface area contributed by atoms with Gasteiger partial charge < -0.3 is 17.2 Å². The first-order chi connectivity index (χ1) is 13.0. The molecule has 0 radical (unpaired) electrons. The fourth-order valence-corrected chi connectivity index (χ4v) is 4.01.